The lowest BCUT2D eigenvalue weighted by atomic mass is 9.96. The summed E-state index contributed by atoms with van der Waals surface area (Å²) in [6.45, 7) is 2.20. The van der Waals surface area contributed by atoms with Crippen LogP contribution in [0.2, 0.25) is 0 Å². The van der Waals surface area contributed by atoms with Crippen LogP contribution >= 0.6 is 11.8 Å². The van der Waals surface area contributed by atoms with E-state index in [-0.39, 0.29) is 0 Å². The van der Waals surface area contributed by atoms with Gasteiger partial charge < -0.3 is 0 Å². The molecule has 88 valence electrons. The molecule has 2 heterocycles. The molecule has 0 atom stereocenters. The lowest BCUT2D eigenvalue weighted by molar-refractivity contribution is 0.621. The monoisotopic (exact) mass is 243 g/mol. The average molecular weight is 243 g/mol. The predicted octanol–water partition coefficient (Wildman–Crippen LogP) is 4.15. The Morgan fingerprint density at radius 2 is 1.94 bits per heavy atom. The molecule has 0 bridgehead atoms. The maximum absolute atomic E-state index is 4.85. The highest BCUT2D eigenvalue weighted by Crippen LogP contribution is 2.32. The smallest absolute Gasteiger partial charge is 0.0708 e. The van der Waals surface area contributed by atoms with Crippen molar-refractivity contribution in [1.29, 1.82) is 0 Å². The molecule has 1 aromatic heterocycles. The first-order valence-corrected chi connectivity index (χ1v) is 7.44. The molecule has 0 radical (unpaired) electrons. The first-order chi connectivity index (χ1) is 8.34. The Morgan fingerprint density at radius 3 is 2.76 bits per heavy atom. The number of pyridine rings is 1. The minimum absolute atomic E-state index is 0.680. The molecular formula is C15H17NS. The maximum Gasteiger partial charge on any atom is 0.0708 e. The highest BCUT2D eigenvalue weighted by Gasteiger charge is 2.17. The number of aromatic nitrogens is 1. The Morgan fingerprint density at radius 1 is 1.18 bits per heavy atom. The van der Waals surface area contributed by atoms with Crippen molar-refractivity contribution in [3.63, 3.8) is 0 Å². The summed E-state index contributed by atoms with van der Waals surface area (Å²) in [5.74, 6) is 3.26. The number of hydrogen-bond acceptors (Lipinski definition) is 2. The van der Waals surface area contributed by atoms with Crippen LogP contribution in [0.1, 0.15) is 30.0 Å². The minimum atomic E-state index is 0.680. The Kier molecular flexibility index (Phi) is 3.06. The van der Waals surface area contributed by atoms with Crippen LogP contribution in [-0.4, -0.2) is 16.5 Å². The highest BCUT2D eigenvalue weighted by atomic mass is 32.2. The van der Waals surface area contributed by atoms with Gasteiger partial charge in [-0.15, -0.1) is 0 Å². The Bertz CT molecular complexity index is 529. The molecule has 1 nitrogen and oxygen atoms in total. The quantitative estimate of drug-likeness (QED) is 0.746. The van der Waals surface area contributed by atoms with E-state index < -0.39 is 0 Å². The van der Waals surface area contributed by atoms with Gasteiger partial charge in [0.2, 0.25) is 0 Å². The summed E-state index contributed by atoms with van der Waals surface area (Å²) in [7, 11) is 0. The summed E-state index contributed by atoms with van der Waals surface area (Å²) < 4.78 is 0. The van der Waals surface area contributed by atoms with E-state index in [0.29, 0.717) is 5.92 Å². The van der Waals surface area contributed by atoms with Gasteiger partial charge in [0.1, 0.15) is 0 Å². The number of para-hydroxylation sites is 1. The molecule has 2 heteroatoms. The second-order valence-electron chi connectivity index (χ2n) is 4.77. The Balaban J connectivity index is 2.05. The zero-order valence-electron chi connectivity index (χ0n) is 10.1. The van der Waals surface area contributed by atoms with Crippen LogP contribution in [-0.2, 0) is 0 Å². The first-order valence-electron chi connectivity index (χ1n) is 6.28. The maximum atomic E-state index is 4.85. The molecular weight excluding hydrogens is 226 g/mol. The summed E-state index contributed by atoms with van der Waals surface area (Å²) >= 11 is 2.07. The zero-order valence-corrected chi connectivity index (χ0v) is 11.0. The standard InChI is InChI=1S/C15H17NS/c1-11-10-15(12-6-8-17-9-7-12)16-14-5-3-2-4-13(11)14/h2-5,10,12H,6-9H2,1H3. The van der Waals surface area contributed by atoms with Crippen molar-refractivity contribution >= 4 is 22.7 Å². The van der Waals surface area contributed by atoms with Gasteiger partial charge in [0, 0.05) is 17.0 Å². The summed E-state index contributed by atoms with van der Waals surface area (Å²) in [6, 6.07) is 10.8. The number of benzene rings is 1. The van der Waals surface area contributed by atoms with Crippen molar-refractivity contribution in [1.82, 2.24) is 4.98 Å². The fourth-order valence-electron chi connectivity index (χ4n) is 2.58. The zero-order chi connectivity index (χ0) is 11.7. The van der Waals surface area contributed by atoms with E-state index in [9.17, 15) is 0 Å². The third-order valence-corrected chi connectivity index (χ3v) is 4.63. The largest absolute Gasteiger partial charge is 0.253 e. The van der Waals surface area contributed by atoms with E-state index in [0.717, 1.165) is 5.52 Å². The van der Waals surface area contributed by atoms with Crippen molar-refractivity contribution in [3.05, 3.63) is 41.6 Å². The van der Waals surface area contributed by atoms with Crippen molar-refractivity contribution in [2.45, 2.75) is 25.7 Å². The Hall–Kier alpha value is -1.02. The number of aryl methyl sites for hydroxylation is 1. The lowest BCUT2D eigenvalue weighted by Crippen LogP contribution is -2.09. The van der Waals surface area contributed by atoms with E-state index in [1.807, 2.05) is 0 Å². The van der Waals surface area contributed by atoms with E-state index in [4.69, 9.17) is 4.98 Å². The van der Waals surface area contributed by atoms with Crippen LogP contribution in [0.15, 0.2) is 30.3 Å². The summed E-state index contributed by atoms with van der Waals surface area (Å²) in [5.41, 5.74) is 3.83. The van der Waals surface area contributed by atoms with Crippen LogP contribution in [0.3, 0.4) is 0 Å². The molecule has 1 saturated heterocycles. The molecule has 1 aromatic carbocycles. The number of rotatable bonds is 1. The molecule has 1 fully saturated rings. The molecule has 0 saturated carbocycles. The molecule has 0 spiro atoms. The van der Waals surface area contributed by atoms with Gasteiger partial charge in [-0.3, -0.25) is 4.98 Å². The molecule has 0 amide bonds. The van der Waals surface area contributed by atoms with Gasteiger partial charge in [0.25, 0.3) is 0 Å². The molecule has 3 rings (SSSR count). The van der Waals surface area contributed by atoms with Gasteiger partial charge in [0.15, 0.2) is 0 Å². The number of hydrogen-bond donors (Lipinski definition) is 0. The van der Waals surface area contributed by atoms with Crippen molar-refractivity contribution < 1.29 is 0 Å². The van der Waals surface area contributed by atoms with Gasteiger partial charge in [-0.2, -0.15) is 11.8 Å². The fraction of sp³-hybridized carbons (Fsp3) is 0.400. The number of nitrogens with zero attached hydrogens (tertiary/aromatic N) is 1. The first kappa shape index (κ1) is 11.1. The van der Waals surface area contributed by atoms with Crippen LogP contribution in [0.4, 0.5) is 0 Å². The minimum Gasteiger partial charge on any atom is -0.253 e. The van der Waals surface area contributed by atoms with E-state index in [1.54, 1.807) is 0 Å². The van der Waals surface area contributed by atoms with Gasteiger partial charge in [-0.05, 0) is 49.0 Å². The van der Waals surface area contributed by atoms with Gasteiger partial charge >= 0.3 is 0 Å². The molecule has 1 aliphatic heterocycles. The van der Waals surface area contributed by atoms with Crippen molar-refractivity contribution in [3.8, 4) is 0 Å². The topological polar surface area (TPSA) is 12.9 Å². The molecule has 17 heavy (non-hydrogen) atoms. The Labute approximate surface area is 107 Å². The third-order valence-electron chi connectivity index (χ3n) is 3.58. The highest BCUT2D eigenvalue weighted by molar-refractivity contribution is 7.99. The van der Waals surface area contributed by atoms with E-state index >= 15 is 0 Å². The number of thioether (sulfide) groups is 1. The van der Waals surface area contributed by atoms with Gasteiger partial charge in [-0.1, -0.05) is 18.2 Å². The van der Waals surface area contributed by atoms with E-state index in [1.165, 1.54) is 41.0 Å². The fourth-order valence-corrected chi connectivity index (χ4v) is 3.68. The molecule has 0 unspecified atom stereocenters. The molecule has 0 N–H and O–H groups in total. The van der Waals surface area contributed by atoms with E-state index in [2.05, 4.69) is 49.0 Å². The second kappa shape index (κ2) is 4.69. The second-order valence-corrected chi connectivity index (χ2v) is 5.99. The average Bonchev–Trinajstić information content (AvgIpc) is 2.40. The summed E-state index contributed by atoms with van der Waals surface area (Å²) in [6.07, 6.45) is 2.57. The van der Waals surface area contributed by atoms with Crippen molar-refractivity contribution in [2.75, 3.05) is 11.5 Å². The molecule has 1 aliphatic rings. The molecule has 2 aromatic rings. The van der Waals surface area contributed by atoms with Gasteiger partial charge in [0.05, 0.1) is 5.52 Å². The predicted molar refractivity (Wildman–Crippen MR) is 75.8 cm³/mol. The molecule has 0 aliphatic carbocycles. The summed E-state index contributed by atoms with van der Waals surface area (Å²) in [5, 5.41) is 1.29. The van der Waals surface area contributed by atoms with Crippen LogP contribution in [0, 0.1) is 6.92 Å². The normalized spacial score (nSPS) is 17.5. The number of fused-ring (bicyclic) bond motifs is 1. The SMILES string of the molecule is Cc1cc(C2CCSCC2)nc2ccccc12. The van der Waals surface area contributed by atoms with Crippen LogP contribution in [0.5, 0.6) is 0 Å². The summed E-state index contributed by atoms with van der Waals surface area (Å²) in [4.78, 5) is 4.85. The van der Waals surface area contributed by atoms with Crippen LogP contribution in [0.25, 0.3) is 10.9 Å². The van der Waals surface area contributed by atoms with Crippen molar-refractivity contribution in [2.24, 2.45) is 0 Å². The van der Waals surface area contributed by atoms with Crippen LogP contribution < -0.4 is 0 Å². The lowest BCUT2D eigenvalue weighted by Gasteiger charge is -2.21. The van der Waals surface area contributed by atoms with Gasteiger partial charge in [-0.25, -0.2) is 0 Å². The third kappa shape index (κ3) is 2.19.